The molecular formula is C67H44N2S. The number of nitrogens with zero attached hydrogens (tertiary/aromatic N) is 2. The van der Waals surface area contributed by atoms with E-state index in [0.29, 0.717) is 0 Å². The average Bonchev–Trinajstić information content (AvgIpc) is 4.09. The third kappa shape index (κ3) is 6.19. The molecule has 0 unspecified atom stereocenters. The van der Waals surface area contributed by atoms with Crippen LogP contribution in [0.3, 0.4) is 0 Å². The molecule has 70 heavy (non-hydrogen) atoms. The predicted octanol–water partition coefficient (Wildman–Crippen LogP) is 18.3. The summed E-state index contributed by atoms with van der Waals surface area (Å²) in [5, 5.41) is 5.15. The van der Waals surface area contributed by atoms with E-state index in [2.05, 4.69) is 276 Å². The third-order valence-corrected chi connectivity index (χ3v) is 15.9. The molecule has 14 rings (SSSR count). The smallest absolute Gasteiger partial charge is 0.0713 e. The summed E-state index contributed by atoms with van der Waals surface area (Å²) >= 11 is 1.88. The minimum atomic E-state index is -0.422. The number of hydrogen-bond donors (Lipinski definition) is 0. The largest absolute Gasteiger partial charge is 0.311 e. The van der Waals surface area contributed by atoms with Crippen molar-refractivity contribution in [2.45, 2.75) is 5.41 Å². The summed E-state index contributed by atoms with van der Waals surface area (Å²) in [6.45, 7) is 0. The Labute approximate surface area is 411 Å². The Balaban J connectivity index is 0.872. The fourth-order valence-electron chi connectivity index (χ4n) is 11.6. The van der Waals surface area contributed by atoms with Crippen LogP contribution in [-0.2, 0) is 5.41 Å². The lowest BCUT2D eigenvalue weighted by molar-refractivity contribution is 0.768. The number of para-hydroxylation sites is 2. The lowest BCUT2D eigenvalue weighted by Gasteiger charge is -2.33. The van der Waals surface area contributed by atoms with Crippen LogP contribution < -0.4 is 4.90 Å². The first-order valence-electron chi connectivity index (χ1n) is 24.1. The summed E-state index contributed by atoms with van der Waals surface area (Å²) in [5.41, 5.74) is 19.0. The first kappa shape index (κ1) is 40.3. The van der Waals surface area contributed by atoms with Crippen LogP contribution in [0.4, 0.5) is 17.1 Å². The van der Waals surface area contributed by atoms with Gasteiger partial charge < -0.3 is 9.47 Å². The highest BCUT2D eigenvalue weighted by Gasteiger charge is 2.46. The molecule has 2 nitrogen and oxygen atoms in total. The fourth-order valence-corrected chi connectivity index (χ4v) is 12.8. The van der Waals surface area contributed by atoms with Gasteiger partial charge in [-0.2, -0.15) is 0 Å². The first-order chi connectivity index (χ1) is 34.7. The summed E-state index contributed by atoms with van der Waals surface area (Å²) < 4.78 is 5.03. The molecule has 2 heterocycles. The third-order valence-electron chi connectivity index (χ3n) is 14.7. The molecule has 3 heteroatoms. The summed E-state index contributed by atoms with van der Waals surface area (Å²) in [4.78, 5) is 2.39. The molecule has 0 fully saturated rings. The topological polar surface area (TPSA) is 8.17 Å². The van der Waals surface area contributed by atoms with E-state index in [0.717, 1.165) is 22.7 Å². The van der Waals surface area contributed by atoms with Crippen LogP contribution >= 0.6 is 11.3 Å². The lowest BCUT2D eigenvalue weighted by atomic mass is 9.67. The second kappa shape index (κ2) is 16.2. The molecule has 0 bridgehead atoms. The summed E-state index contributed by atoms with van der Waals surface area (Å²) in [7, 11) is 0. The molecule has 0 aliphatic heterocycles. The summed E-state index contributed by atoms with van der Waals surface area (Å²) in [6, 6.07) is 98.3. The number of thiophene rings is 1. The Bertz CT molecular complexity index is 4000. The predicted molar refractivity (Wildman–Crippen MR) is 297 cm³/mol. The van der Waals surface area contributed by atoms with Gasteiger partial charge in [0, 0.05) is 53.7 Å². The van der Waals surface area contributed by atoms with Gasteiger partial charge in [0.1, 0.15) is 0 Å². The first-order valence-corrected chi connectivity index (χ1v) is 24.9. The molecule has 328 valence electrons. The van der Waals surface area contributed by atoms with E-state index in [9.17, 15) is 0 Å². The van der Waals surface area contributed by atoms with E-state index in [4.69, 9.17) is 0 Å². The van der Waals surface area contributed by atoms with Gasteiger partial charge in [-0.15, -0.1) is 11.3 Å². The van der Waals surface area contributed by atoms with Crippen molar-refractivity contribution in [2.75, 3.05) is 4.90 Å². The van der Waals surface area contributed by atoms with Gasteiger partial charge in [0.15, 0.2) is 0 Å². The molecule has 0 amide bonds. The van der Waals surface area contributed by atoms with Crippen LogP contribution in [-0.4, -0.2) is 4.57 Å². The van der Waals surface area contributed by atoms with E-state index in [-0.39, 0.29) is 0 Å². The minimum Gasteiger partial charge on any atom is -0.311 e. The molecule has 0 spiro atoms. The van der Waals surface area contributed by atoms with Crippen molar-refractivity contribution in [3.63, 3.8) is 0 Å². The number of aromatic nitrogens is 1. The highest BCUT2D eigenvalue weighted by molar-refractivity contribution is 7.26. The highest BCUT2D eigenvalue weighted by Crippen LogP contribution is 2.56. The molecule has 0 N–H and O–H groups in total. The standard InChI is InChI=1S/C67H44N2S/c1-3-16-48(17-4-1)67(49-18-5-2-6-19-49)61-26-11-7-20-55(61)60-44-47(34-43-62(60)67)45-30-35-50(36-31-45)68(51-37-32-46(33-38-51)54-24-15-25-59-58-23-10-14-29-65(58)70-66(54)59)52-39-41-53(42-40-52)69-63-27-12-8-21-56(63)57-22-9-13-28-64(57)69/h1-44H. The number of rotatable bonds is 8. The highest BCUT2D eigenvalue weighted by atomic mass is 32.1. The molecule has 0 atom stereocenters. The van der Waals surface area contributed by atoms with Crippen molar-refractivity contribution >= 4 is 70.4 Å². The van der Waals surface area contributed by atoms with Crippen molar-refractivity contribution in [1.82, 2.24) is 4.57 Å². The van der Waals surface area contributed by atoms with Crippen molar-refractivity contribution in [3.8, 4) is 39.1 Å². The zero-order valence-electron chi connectivity index (χ0n) is 38.2. The van der Waals surface area contributed by atoms with Crippen LogP contribution in [0.15, 0.2) is 267 Å². The number of benzene rings is 11. The van der Waals surface area contributed by atoms with Gasteiger partial charge in [-0.3, -0.25) is 0 Å². The van der Waals surface area contributed by atoms with E-state index in [1.807, 2.05) is 11.3 Å². The van der Waals surface area contributed by atoms with Crippen LogP contribution in [0.5, 0.6) is 0 Å². The monoisotopic (exact) mass is 908 g/mol. The number of fused-ring (bicyclic) bond motifs is 9. The van der Waals surface area contributed by atoms with Gasteiger partial charge >= 0.3 is 0 Å². The molecule has 13 aromatic rings. The maximum Gasteiger partial charge on any atom is 0.0713 e. The second-order valence-electron chi connectivity index (χ2n) is 18.4. The zero-order valence-corrected chi connectivity index (χ0v) is 39.0. The van der Waals surface area contributed by atoms with Gasteiger partial charge in [0.05, 0.1) is 16.4 Å². The Morgan fingerprint density at radius 1 is 0.329 bits per heavy atom. The fraction of sp³-hybridized carbons (Fsp3) is 0.0149. The maximum absolute atomic E-state index is 2.41. The van der Waals surface area contributed by atoms with Crippen LogP contribution in [0.1, 0.15) is 22.3 Å². The molecule has 11 aromatic carbocycles. The molecular weight excluding hydrogens is 865 g/mol. The van der Waals surface area contributed by atoms with Crippen molar-refractivity contribution in [2.24, 2.45) is 0 Å². The van der Waals surface area contributed by atoms with Crippen LogP contribution in [0.2, 0.25) is 0 Å². The van der Waals surface area contributed by atoms with E-state index in [1.165, 1.54) is 97.6 Å². The normalized spacial score (nSPS) is 12.7. The average molecular weight is 909 g/mol. The van der Waals surface area contributed by atoms with Gasteiger partial charge in [0.2, 0.25) is 0 Å². The summed E-state index contributed by atoms with van der Waals surface area (Å²) in [5.74, 6) is 0. The molecule has 0 saturated heterocycles. The molecule has 1 aliphatic rings. The number of hydrogen-bond acceptors (Lipinski definition) is 2. The quantitative estimate of drug-likeness (QED) is 0.147. The van der Waals surface area contributed by atoms with Gasteiger partial charge in [-0.05, 0) is 128 Å². The van der Waals surface area contributed by atoms with E-state index in [1.54, 1.807) is 0 Å². The van der Waals surface area contributed by atoms with E-state index >= 15 is 0 Å². The van der Waals surface area contributed by atoms with Crippen LogP contribution in [0.25, 0.3) is 81.0 Å². The van der Waals surface area contributed by atoms with E-state index < -0.39 is 5.41 Å². The Hall–Kier alpha value is -8.76. The Morgan fingerprint density at radius 3 is 1.47 bits per heavy atom. The van der Waals surface area contributed by atoms with Gasteiger partial charge in [-0.25, -0.2) is 0 Å². The van der Waals surface area contributed by atoms with Crippen molar-refractivity contribution in [1.29, 1.82) is 0 Å². The molecule has 1 aliphatic carbocycles. The van der Waals surface area contributed by atoms with Gasteiger partial charge in [0.25, 0.3) is 0 Å². The Morgan fingerprint density at radius 2 is 0.814 bits per heavy atom. The zero-order chi connectivity index (χ0) is 46.2. The SMILES string of the molecule is c1ccc(C2(c3ccccc3)c3ccccc3-c3cc(-c4ccc(N(c5ccc(-c6cccc7c6sc6ccccc67)cc5)c5ccc(-n6c7ccccc7c7ccccc76)cc5)cc4)ccc32)cc1. The number of anilines is 3. The summed E-state index contributed by atoms with van der Waals surface area (Å²) in [6.07, 6.45) is 0. The molecule has 0 radical (unpaired) electrons. The second-order valence-corrected chi connectivity index (χ2v) is 19.4. The van der Waals surface area contributed by atoms with Crippen LogP contribution in [0, 0.1) is 0 Å². The van der Waals surface area contributed by atoms with Crippen molar-refractivity contribution in [3.05, 3.63) is 289 Å². The lowest BCUT2D eigenvalue weighted by Crippen LogP contribution is -2.28. The van der Waals surface area contributed by atoms with Crippen molar-refractivity contribution < 1.29 is 0 Å². The maximum atomic E-state index is 2.41. The minimum absolute atomic E-state index is 0.422. The molecule has 0 saturated carbocycles. The Kier molecular flexibility index (Phi) is 9.33. The molecule has 2 aromatic heterocycles. The van der Waals surface area contributed by atoms with Gasteiger partial charge in [-0.1, -0.05) is 194 Å².